The molecule has 6 heteroatoms. The van der Waals surface area contributed by atoms with E-state index in [-0.39, 0.29) is 6.61 Å². The molecule has 3 rings (SSSR count). The van der Waals surface area contributed by atoms with Crippen LogP contribution in [0.5, 0.6) is 0 Å². The van der Waals surface area contributed by atoms with E-state index in [0.29, 0.717) is 0 Å². The molecule has 104 valence electrons. The van der Waals surface area contributed by atoms with Crippen molar-refractivity contribution in [3.63, 3.8) is 0 Å². The fourth-order valence-electron chi connectivity index (χ4n) is 2.66. The summed E-state index contributed by atoms with van der Waals surface area (Å²) in [6.45, 7) is 7.55. The summed E-state index contributed by atoms with van der Waals surface area (Å²) in [5.41, 5.74) is 0. The van der Waals surface area contributed by atoms with Gasteiger partial charge in [0.1, 0.15) is 24.4 Å². The zero-order valence-corrected chi connectivity index (χ0v) is 11.1. The molecule has 1 N–H and O–H groups in total. The van der Waals surface area contributed by atoms with Crippen LogP contribution in [0.1, 0.15) is 27.7 Å². The Morgan fingerprint density at radius 3 is 2.33 bits per heavy atom. The lowest BCUT2D eigenvalue weighted by Gasteiger charge is -2.37. The topological polar surface area (TPSA) is 66.4 Å². The summed E-state index contributed by atoms with van der Waals surface area (Å²) in [6.07, 6.45) is -2.68. The van der Waals surface area contributed by atoms with Crippen molar-refractivity contribution in [3.05, 3.63) is 0 Å². The molecule has 0 aromatic rings. The Balaban J connectivity index is 1.88. The first-order valence-electron chi connectivity index (χ1n) is 6.28. The number of hydrogen-bond acceptors (Lipinski definition) is 6. The van der Waals surface area contributed by atoms with Gasteiger partial charge in [-0.05, 0) is 27.7 Å². The highest BCUT2D eigenvalue weighted by Crippen LogP contribution is 2.40. The van der Waals surface area contributed by atoms with E-state index >= 15 is 0 Å². The first-order valence-corrected chi connectivity index (χ1v) is 6.28. The van der Waals surface area contributed by atoms with E-state index in [0.717, 1.165) is 0 Å². The Kier molecular flexibility index (Phi) is 2.75. The summed E-state index contributed by atoms with van der Waals surface area (Å²) in [7, 11) is 0. The highest BCUT2D eigenvalue weighted by atomic mass is 16.8. The largest absolute Gasteiger partial charge is 0.387 e. The van der Waals surface area contributed by atoms with Crippen molar-refractivity contribution in [1.29, 1.82) is 0 Å². The van der Waals surface area contributed by atoms with Crippen LogP contribution in [0, 0.1) is 0 Å². The van der Waals surface area contributed by atoms with Gasteiger partial charge in [-0.25, -0.2) is 0 Å². The second-order valence-corrected chi connectivity index (χ2v) is 5.93. The van der Waals surface area contributed by atoms with E-state index < -0.39 is 42.3 Å². The molecule has 3 aliphatic heterocycles. The minimum atomic E-state index is -0.773. The highest BCUT2D eigenvalue weighted by Gasteiger charge is 2.57. The van der Waals surface area contributed by atoms with Crippen molar-refractivity contribution < 1.29 is 28.8 Å². The van der Waals surface area contributed by atoms with Gasteiger partial charge >= 0.3 is 0 Å². The van der Waals surface area contributed by atoms with Gasteiger partial charge in [-0.3, -0.25) is 0 Å². The molecule has 0 radical (unpaired) electrons. The molecule has 18 heavy (non-hydrogen) atoms. The monoisotopic (exact) mass is 260 g/mol. The normalized spacial score (nSPS) is 49.5. The summed E-state index contributed by atoms with van der Waals surface area (Å²) in [5.74, 6) is -1.50. The molecule has 0 spiro atoms. The molecule has 2 bridgehead atoms. The summed E-state index contributed by atoms with van der Waals surface area (Å²) in [5, 5.41) is 10.3. The maximum atomic E-state index is 10.3. The van der Waals surface area contributed by atoms with E-state index in [9.17, 15) is 5.11 Å². The molecule has 0 aromatic carbocycles. The molecular formula is C12H20O6. The lowest BCUT2D eigenvalue weighted by atomic mass is 9.99. The lowest BCUT2D eigenvalue weighted by Crippen LogP contribution is -2.57. The van der Waals surface area contributed by atoms with Crippen molar-refractivity contribution in [3.8, 4) is 0 Å². The first kappa shape index (κ1) is 12.8. The third-order valence-corrected chi connectivity index (χ3v) is 3.45. The number of aliphatic hydroxyl groups excluding tert-OH is 1. The molecule has 2 unspecified atom stereocenters. The molecule has 3 saturated heterocycles. The van der Waals surface area contributed by atoms with E-state index in [1.54, 1.807) is 0 Å². The van der Waals surface area contributed by atoms with Crippen LogP contribution in [0.3, 0.4) is 0 Å². The van der Waals surface area contributed by atoms with Crippen molar-refractivity contribution >= 4 is 0 Å². The van der Waals surface area contributed by atoms with Gasteiger partial charge in [0.2, 0.25) is 0 Å². The second kappa shape index (κ2) is 3.88. The van der Waals surface area contributed by atoms with E-state index in [4.69, 9.17) is 23.7 Å². The number of fused-ring (bicyclic) bond motifs is 4. The summed E-state index contributed by atoms with van der Waals surface area (Å²) < 4.78 is 28.5. The molecule has 3 heterocycles. The van der Waals surface area contributed by atoms with Crippen LogP contribution in [-0.2, 0) is 23.7 Å². The summed E-state index contributed by atoms with van der Waals surface area (Å²) in [6, 6.07) is 0. The van der Waals surface area contributed by atoms with Gasteiger partial charge in [0.05, 0.1) is 6.61 Å². The van der Waals surface area contributed by atoms with E-state index in [2.05, 4.69) is 0 Å². The minimum absolute atomic E-state index is 0.275. The van der Waals surface area contributed by atoms with Gasteiger partial charge in [-0.2, -0.15) is 0 Å². The Morgan fingerprint density at radius 2 is 1.61 bits per heavy atom. The average Bonchev–Trinajstić information content (AvgIpc) is 2.48. The van der Waals surface area contributed by atoms with Gasteiger partial charge in [-0.1, -0.05) is 0 Å². The van der Waals surface area contributed by atoms with Crippen molar-refractivity contribution in [1.82, 2.24) is 0 Å². The van der Waals surface area contributed by atoms with Gasteiger partial charge in [0.15, 0.2) is 17.9 Å². The summed E-state index contributed by atoms with van der Waals surface area (Å²) >= 11 is 0. The zero-order chi connectivity index (χ0) is 13.1. The van der Waals surface area contributed by atoms with Crippen LogP contribution < -0.4 is 0 Å². The molecule has 6 nitrogen and oxygen atoms in total. The molecule has 0 amide bonds. The number of hydrogen-bond donors (Lipinski definition) is 1. The van der Waals surface area contributed by atoms with Crippen LogP contribution in [0.4, 0.5) is 0 Å². The fourth-order valence-corrected chi connectivity index (χ4v) is 2.66. The predicted molar refractivity (Wildman–Crippen MR) is 59.6 cm³/mol. The van der Waals surface area contributed by atoms with E-state index in [1.807, 2.05) is 27.7 Å². The molecule has 5 atom stereocenters. The van der Waals surface area contributed by atoms with Crippen LogP contribution in [0.2, 0.25) is 0 Å². The van der Waals surface area contributed by atoms with Gasteiger partial charge < -0.3 is 28.8 Å². The third kappa shape index (κ3) is 2.07. The maximum absolute atomic E-state index is 10.3. The lowest BCUT2D eigenvalue weighted by molar-refractivity contribution is -0.307. The molecule has 3 aliphatic rings. The predicted octanol–water partition coefficient (Wildman–Crippen LogP) is 0.375. The quantitative estimate of drug-likeness (QED) is 0.679. The average molecular weight is 260 g/mol. The maximum Gasteiger partial charge on any atom is 0.190 e. The number of ether oxygens (including phenoxy) is 5. The molecule has 0 aromatic heterocycles. The van der Waals surface area contributed by atoms with Gasteiger partial charge in [0.25, 0.3) is 0 Å². The third-order valence-electron chi connectivity index (χ3n) is 3.45. The zero-order valence-electron chi connectivity index (χ0n) is 11.1. The molecule has 3 fully saturated rings. The number of rotatable bonds is 0. The van der Waals surface area contributed by atoms with Crippen molar-refractivity contribution in [2.45, 2.75) is 70.0 Å². The van der Waals surface area contributed by atoms with Gasteiger partial charge in [-0.15, -0.1) is 0 Å². The molecule has 0 aliphatic carbocycles. The smallest absolute Gasteiger partial charge is 0.190 e. The van der Waals surface area contributed by atoms with Crippen molar-refractivity contribution in [2.24, 2.45) is 0 Å². The Labute approximate surface area is 106 Å². The first-order chi connectivity index (χ1) is 8.27. The Hall–Kier alpha value is -0.240. The van der Waals surface area contributed by atoms with Gasteiger partial charge in [0, 0.05) is 0 Å². The van der Waals surface area contributed by atoms with Crippen LogP contribution in [0.25, 0.3) is 0 Å². The van der Waals surface area contributed by atoms with Crippen LogP contribution >= 0.6 is 0 Å². The Bertz CT molecular complexity index is 341. The fraction of sp³-hybridized carbons (Fsp3) is 1.00. The highest BCUT2D eigenvalue weighted by molar-refractivity contribution is 4.97. The van der Waals surface area contributed by atoms with Crippen LogP contribution in [0.15, 0.2) is 0 Å². The molecular weight excluding hydrogens is 240 g/mol. The number of aliphatic hydroxyl groups is 1. The second-order valence-electron chi connectivity index (χ2n) is 5.93. The molecule has 0 saturated carbocycles. The van der Waals surface area contributed by atoms with Crippen molar-refractivity contribution in [2.75, 3.05) is 6.61 Å². The van der Waals surface area contributed by atoms with E-state index in [1.165, 1.54) is 0 Å². The minimum Gasteiger partial charge on any atom is -0.387 e. The SMILES string of the molecule is CC1(C)OC[C@H]2OC(O1)[C@H]1OC(C)(C)OC1[C@H]2O. The standard InChI is InChI=1S/C12H20O6/c1-11(2)14-5-6-7(13)8-9(10(15-6)18-11)17-12(3,4)16-8/h6-10,13H,5H2,1-4H3/t6-,7+,8?,9+,10?/m1/s1. The Morgan fingerprint density at radius 1 is 0.944 bits per heavy atom. The van der Waals surface area contributed by atoms with Crippen LogP contribution in [-0.4, -0.2) is 54.0 Å². The summed E-state index contributed by atoms with van der Waals surface area (Å²) in [4.78, 5) is 0.